The van der Waals surface area contributed by atoms with Crippen LogP contribution in [0.1, 0.15) is 43.7 Å². The highest BCUT2D eigenvalue weighted by Crippen LogP contribution is 2.30. The Hall–Kier alpha value is -1.09. The molecule has 1 fully saturated rings. The van der Waals surface area contributed by atoms with Crippen molar-refractivity contribution in [3.05, 3.63) is 29.1 Å². The fourth-order valence-corrected chi connectivity index (χ4v) is 3.12. The van der Waals surface area contributed by atoms with Gasteiger partial charge in [0.05, 0.1) is 13.2 Å². The van der Waals surface area contributed by atoms with Crippen LogP contribution in [0.25, 0.3) is 0 Å². The molecule has 0 radical (unpaired) electrons. The molecular formula is C17H25FIN3O2. The molecule has 0 saturated heterocycles. The zero-order valence-electron chi connectivity index (χ0n) is 13.9. The van der Waals surface area contributed by atoms with E-state index in [2.05, 4.69) is 15.6 Å². The number of nitrogens with zero attached hydrogens (tertiary/aromatic N) is 1. The maximum Gasteiger partial charge on any atom is 0.191 e. The Balaban J connectivity index is 0.00000208. The first-order valence-electron chi connectivity index (χ1n) is 8.33. The smallest absolute Gasteiger partial charge is 0.191 e. The number of benzene rings is 1. The van der Waals surface area contributed by atoms with Crippen LogP contribution in [0.4, 0.5) is 4.39 Å². The summed E-state index contributed by atoms with van der Waals surface area (Å²) in [6, 6.07) is 3.44. The van der Waals surface area contributed by atoms with E-state index in [1.807, 2.05) is 6.92 Å². The fourth-order valence-electron chi connectivity index (χ4n) is 3.12. The molecule has 1 aromatic carbocycles. The van der Waals surface area contributed by atoms with Gasteiger partial charge in [0, 0.05) is 23.7 Å². The van der Waals surface area contributed by atoms with Crippen molar-refractivity contribution in [2.45, 2.75) is 51.8 Å². The lowest BCUT2D eigenvalue weighted by molar-refractivity contribution is -0.0172. The molecule has 1 aliphatic carbocycles. The maximum absolute atomic E-state index is 13.8. The number of rotatable bonds is 4. The number of ether oxygens (including phenoxy) is 2. The van der Waals surface area contributed by atoms with Crippen molar-refractivity contribution in [2.24, 2.45) is 4.99 Å². The lowest BCUT2D eigenvalue weighted by Crippen LogP contribution is -2.42. The number of fused-ring (bicyclic) bond motifs is 1. The van der Waals surface area contributed by atoms with Gasteiger partial charge in [-0.15, -0.1) is 24.0 Å². The number of halogens is 2. The van der Waals surface area contributed by atoms with E-state index < -0.39 is 0 Å². The van der Waals surface area contributed by atoms with E-state index in [0.29, 0.717) is 24.9 Å². The van der Waals surface area contributed by atoms with Crippen molar-refractivity contribution in [3.8, 4) is 5.75 Å². The third kappa shape index (κ3) is 4.95. The molecule has 2 N–H and O–H groups in total. The van der Waals surface area contributed by atoms with Gasteiger partial charge in [-0.1, -0.05) is 12.8 Å². The summed E-state index contributed by atoms with van der Waals surface area (Å²) in [6.45, 7) is 3.79. The van der Waals surface area contributed by atoms with Crippen molar-refractivity contribution in [1.29, 1.82) is 0 Å². The number of hydrogen-bond donors (Lipinski definition) is 2. The SMILES string of the molecule is CCNC(=NCc1cc(F)cc2c1OCOC2)NC1CCCC1.I. The van der Waals surface area contributed by atoms with Gasteiger partial charge in [-0.2, -0.15) is 0 Å². The quantitative estimate of drug-likeness (QED) is 0.421. The monoisotopic (exact) mass is 449 g/mol. The molecule has 0 unspecified atom stereocenters. The Morgan fingerprint density at radius 3 is 2.88 bits per heavy atom. The lowest BCUT2D eigenvalue weighted by Gasteiger charge is -2.21. The first-order valence-corrected chi connectivity index (χ1v) is 8.33. The van der Waals surface area contributed by atoms with Gasteiger partial charge in [-0.25, -0.2) is 9.38 Å². The fraction of sp³-hybridized carbons (Fsp3) is 0.588. The van der Waals surface area contributed by atoms with Crippen molar-refractivity contribution < 1.29 is 13.9 Å². The van der Waals surface area contributed by atoms with Gasteiger partial charge < -0.3 is 20.1 Å². The molecule has 0 atom stereocenters. The number of aliphatic imine (C=N–C) groups is 1. The van der Waals surface area contributed by atoms with E-state index in [0.717, 1.165) is 23.6 Å². The molecule has 0 bridgehead atoms. The normalized spacial score (nSPS) is 17.7. The van der Waals surface area contributed by atoms with E-state index in [4.69, 9.17) is 9.47 Å². The highest BCUT2D eigenvalue weighted by molar-refractivity contribution is 14.0. The number of nitrogens with one attached hydrogen (secondary N) is 2. The predicted molar refractivity (Wildman–Crippen MR) is 102 cm³/mol. The van der Waals surface area contributed by atoms with Gasteiger partial charge in [0.15, 0.2) is 12.8 Å². The van der Waals surface area contributed by atoms with E-state index in [1.165, 1.54) is 37.8 Å². The van der Waals surface area contributed by atoms with Gasteiger partial charge >= 0.3 is 0 Å². The minimum absolute atomic E-state index is 0. The summed E-state index contributed by atoms with van der Waals surface area (Å²) in [7, 11) is 0. The summed E-state index contributed by atoms with van der Waals surface area (Å²) >= 11 is 0. The van der Waals surface area contributed by atoms with Crippen LogP contribution in [-0.4, -0.2) is 25.3 Å². The topological polar surface area (TPSA) is 54.9 Å². The Morgan fingerprint density at radius 2 is 2.12 bits per heavy atom. The molecule has 1 saturated carbocycles. The van der Waals surface area contributed by atoms with E-state index >= 15 is 0 Å². The Kier molecular flexibility index (Phi) is 7.54. The van der Waals surface area contributed by atoms with E-state index in [1.54, 1.807) is 0 Å². The summed E-state index contributed by atoms with van der Waals surface area (Å²) in [5.74, 6) is 1.21. The maximum atomic E-state index is 13.8. The zero-order valence-corrected chi connectivity index (χ0v) is 16.3. The largest absolute Gasteiger partial charge is 0.467 e. The Bertz CT molecular complexity index is 577. The molecule has 1 aliphatic heterocycles. The molecular weight excluding hydrogens is 424 g/mol. The summed E-state index contributed by atoms with van der Waals surface area (Å²) in [6.07, 6.45) is 4.89. The third-order valence-electron chi connectivity index (χ3n) is 4.20. The van der Waals surface area contributed by atoms with Gasteiger partial charge in [-0.3, -0.25) is 0 Å². The minimum atomic E-state index is -0.281. The van der Waals surface area contributed by atoms with Crippen LogP contribution in [0.15, 0.2) is 17.1 Å². The highest BCUT2D eigenvalue weighted by Gasteiger charge is 2.18. The summed E-state index contributed by atoms with van der Waals surface area (Å²) < 4.78 is 24.5. The van der Waals surface area contributed by atoms with Crippen molar-refractivity contribution >= 4 is 29.9 Å². The number of guanidine groups is 1. The lowest BCUT2D eigenvalue weighted by atomic mass is 10.1. The van der Waals surface area contributed by atoms with Gasteiger partial charge in [0.1, 0.15) is 11.6 Å². The number of hydrogen-bond acceptors (Lipinski definition) is 3. The van der Waals surface area contributed by atoms with Gasteiger partial charge in [-0.05, 0) is 31.9 Å². The zero-order chi connectivity index (χ0) is 16.1. The molecule has 7 heteroatoms. The summed E-state index contributed by atoms with van der Waals surface area (Å²) in [5, 5.41) is 6.72. The van der Waals surface area contributed by atoms with Crippen molar-refractivity contribution in [3.63, 3.8) is 0 Å². The van der Waals surface area contributed by atoms with Gasteiger partial charge in [0.25, 0.3) is 0 Å². The van der Waals surface area contributed by atoms with Crippen LogP contribution < -0.4 is 15.4 Å². The third-order valence-corrected chi connectivity index (χ3v) is 4.20. The summed E-state index contributed by atoms with van der Waals surface area (Å²) in [4.78, 5) is 4.60. The van der Waals surface area contributed by atoms with Crippen LogP contribution >= 0.6 is 24.0 Å². The predicted octanol–water partition coefficient (Wildman–Crippen LogP) is 3.31. The molecule has 0 spiro atoms. The van der Waals surface area contributed by atoms with Crippen LogP contribution in [0, 0.1) is 5.82 Å². The molecule has 1 aromatic rings. The molecule has 5 nitrogen and oxygen atoms in total. The molecule has 134 valence electrons. The Morgan fingerprint density at radius 1 is 1.33 bits per heavy atom. The van der Waals surface area contributed by atoms with Crippen LogP contribution in [0.5, 0.6) is 5.75 Å². The van der Waals surface area contributed by atoms with E-state index in [-0.39, 0.29) is 36.6 Å². The summed E-state index contributed by atoms with van der Waals surface area (Å²) in [5.41, 5.74) is 1.50. The minimum Gasteiger partial charge on any atom is -0.467 e. The molecule has 2 aliphatic rings. The molecule has 1 heterocycles. The van der Waals surface area contributed by atoms with Crippen LogP contribution in [0.3, 0.4) is 0 Å². The second-order valence-corrected chi connectivity index (χ2v) is 5.98. The van der Waals surface area contributed by atoms with Crippen LogP contribution in [0.2, 0.25) is 0 Å². The molecule has 24 heavy (non-hydrogen) atoms. The van der Waals surface area contributed by atoms with Gasteiger partial charge in [0.2, 0.25) is 0 Å². The van der Waals surface area contributed by atoms with E-state index in [9.17, 15) is 4.39 Å². The first-order chi connectivity index (χ1) is 11.3. The molecule has 3 rings (SSSR count). The molecule has 0 amide bonds. The van der Waals surface area contributed by atoms with Crippen LogP contribution in [-0.2, 0) is 17.9 Å². The van der Waals surface area contributed by atoms with Crippen molar-refractivity contribution in [2.75, 3.05) is 13.3 Å². The highest BCUT2D eigenvalue weighted by atomic mass is 127. The average molecular weight is 449 g/mol. The standard InChI is InChI=1S/C17H24FN3O2.HI/c1-2-19-17(21-15-5-3-4-6-15)20-9-12-7-14(18)8-13-10-22-11-23-16(12)13;/h7-8,15H,2-6,9-11H2,1H3,(H2,19,20,21);1H. The second-order valence-electron chi connectivity index (χ2n) is 5.98. The average Bonchev–Trinajstić information content (AvgIpc) is 3.05. The second kappa shape index (κ2) is 9.41. The molecule has 0 aromatic heterocycles. The Labute approximate surface area is 159 Å². The first kappa shape index (κ1) is 19.2. The van der Waals surface area contributed by atoms with Crippen molar-refractivity contribution in [1.82, 2.24) is 10.6 Å².